The average Bonchev–Trinajstić information content (AvgIpc) is 3.04. The number of hydrogen-bond donors (Lipinski definition) is 1. The van der Waals surface area contributed by atoms with Crippen molar-refractivity contribution >= 4 is 13.1 Å². The Morgan fingerprint density at radius 2 is 1.76 bits per heavy atom. The third kappa shape index (κ3) is 3.17. The van der Waals surface area contributed by atoms with Gasteiger partial charge in [0.25, 0.3) is 0 Å². The molecule has 8 atom stereocenters. The van der Waals surface area contributed by atoms with Crippen LogP contribution in [0.15, 0.2) is 35.7 Å². The molecule has 156 valence electrons. The van der Waals surface area contributed by atoms with Crippen molar-refractivity contribution < 1.29 is 9.67 Å². The van der Waals surface area contributed by atoms with Crippen LogP contribution in [0, 0.1) is 41.9 Å². The molecule has 1 unspecified atom stereocenters. The molecular weight excluding hydrogens is 375 g/mol. The van der Waals surface area contributed by atoms with Gasteiger partial charge in [-0.1, -0.05) is 29.7 Å². The minimum Gasteiger partial charge on any atom is -0.390 e. The van der Waals surface area contributed by atoms with Crippen molar-refractivity contribution in [2.45, 2.75) is 77.7 Å². The third-order valence-corrected chi connectivity index (χ3v) is 11.4. The van der Waals surface area contributed by atoms with E-state index in [1.807, 2.05) is 19.1 Å². The smallest absolute Gasteiger partial charge is 0.390 e. The predicted molar refractivity (Wildman–Crippen MR) is 120 cm³/mol. The number of aliphatic hydroxyl groups is 1. The van der Waals surface area contributed by atoms with Crippen molar-refractivity contribution in [3.8, 4) is 0 Å². The molecule has 3 heteroatoms. The summed E-state index contributed by atoms with van der Waals surface area (Å²) in [6.45, 7) is 6.56. The Labute approximate surface area is 177 Å². The van der Waals surface area contributed by atoms with E-state index in [1.165, 1.54) is 37.4 Å². The molecular formula is C26H36O2P+. The molecule has 0 amide bonds. The first-order chi connectivity index (χ1) is 13.8. The van der Waals surface area contributed by atoms with Gasteiger partial charge < -0.3 is 5.11 Å². The van der Waals surface area contributed by atoms with Crippen LogP contribution < -0.4 is 5.30 Å². The van der Waals surface area contributed by atoms with E-state index in [1.54, 1.807) is 0 Å². The van der Waals surface area contributed by atoms with Gasteiger partial charge in [0.15, 0.2) is 10.6 Å². The van der Waals surface area contributed by atoms with Crippen LogP contribution in [0.2, 0.25) is 0 Å². The summed E-state index contributed by atoms with van der Waals surface area (Å²) in [5.41, 5.74) is 0.833. The lowest BCUT2D eigenvalue weighted by molar-refractivity contribution is -0.0902. The maximum atomic E-state index is 13.6. The molecule has 5 rings (SSSR count). The molecule has 3 fully saturated rings. The van der Waals surface area contributed by atoms with Crippen molar-refractivity contribution in [1.82, 2.24) is 0 Å². The molecule has 3 saturated carbocycles. The molecule has 4 aliphatic rings. The minimum absolute atomic E-state index is 0.115. The fourth-order valence-corrected chi connectivity index (χ4v) is 9.75. The highest BCUT2D eigenvalue weighted by Crippen LogP contribution is 2.66. The Balaban J connectivity index is 1.38. The van der Waals surface area contributed by atoms with E-state index in [2.05, 4.69) is 32.1 Å². The van der Waals surface area contributed by atoms with Gasteiger partial charge in [-0.15, -0.1) is 0 Å². The van der Waals surface area contributed by atoms with Gasteiger partial charge in [0, 0.05) is 11.0 Å². The molecule has 0 saturated heterocycles. The normalized spacial score (nSPS) is 44.3. The lowest BCUT2D eigenvalue weighted by Gasteiger charge is -2.55. The van der Waals surface area contributed by atoms with Gasteiger partial charge >= 0.3 is 7.80 Å². The highest BCUT2D eigenvalue weighted by molar-refractivity contribution is 7.58. The Kier molecular flexibility index (Phi) is 4.84. The molecule has 1 aromatic rings. The summed E-state index contributed by atoms with van der Waals surface area (Å²) in [5.74, 6) is 3.82. The first kappa shape index (κ1) is 20.0. The molecule has 0 spiro atoms. The Morgan fingerprint density at radius 3 is 2.55 bits per heavy atom. The number of fused-ring (bicyclic) bond motifs is 5. The highest BCUT2D eigenvalue weighted by atomic mass is 31.1. The first-order valence-corrected chi connectivity index (χ1v) is 13.0. The van der Waals surface area contributed by atoms with E-state index < -0.39 is 13.4 Å². The number of benzene rings is 1. The second kappa shape index (κ2) is 7.03. The fourth-order valence-electron chi connectivity index (χ4n) is 7.86. The van der Waals surface area contributed by atoms with Crippen molar-refractivity contribution in [3.63, 3.8) is 0 Å². The van der Waals surface area contributed by atoms with Crippen LogP contribution in [-0.2, 0) is 4.57 Å². The van der Waals surface area contributed by atoms with Crippen LogP contribution in [0.3, 0.4) is 0 Å². The Bertz CT molecular complexity index is 856. The summed E-state index contributed by atoms with van der Waals surface area (Å²) in [4.78, 5) is 0. The molecule has 4 aliphatic carbocycles. The summed E-state index contributed by atoms with van der Waals surface area (Å²) in [7, 11) is -1.46. The fraction of sp³-hybridized carbons (Fsp3) is 0.692. The number of hydrogen-bond acceptors (Lipinski definition) is 2. The maximum absolute atomic E-state index is 13.6. The van der Waals surface area contributed by atoms with Gasteiger partial charge in [-0.3, -0.25) is 0 Å². The summed E-state index contributed by atoms with van der Waals surface area (Å²) < 4.78 is 13.6. The van der Waals surface area contributed by atoms with E-state index in [0.717, 1.165) is 53.8 Å². The molecule has 2 nitrogen and oxygen atoms in total. The molecule has 29 heavy (non-hydrogen) atoms. The lowest BCUT2D eigenvalue weighted by atomic mass is 9.50. The second-order valence-electron chi connectivity index (χ2n) is 11.0. The van der Waals surface area contributed by atoms with Gasteiger partial charge in [0.05, 0.1) is 5.60 Å². The summed E-state index contributed by atoms with van der Waals surface area (Å²) in [5, 5.41) is 12.9. The molecule has 1 N–H and O–H groups in total. The van der Waals surface area contributed by atoms with Crippen molar-refractivity contribution in [3.05, 3.63) is 41.2 Å². The number of rotatable bonds is 2. The van der Waals surface area contributed by atoms with E-state index in [-0.39, 0.29) is 5.41 Å². The molecule has 0 heterocycles. The molecule has 0 bridgehead atoms. The zero-order valence-electron chi connectivity index (χ0n) is 18.2. The average molecular weight is 412 g/mol. The summed E-state index contributed by atoms with van der Waals surface area (Å²) in [6.07, 6.45) is 11.8. The monoisotopic (exact) mass is 411 g/mol. The van der Waals surface area contributed by atoms with Crippen LogP contribution in [0.25, 0.3) is 0 Å². The van der Waals surface area contributed by atoms with Crippen molar-refractivity contribution in [2.24, 2.45) is 35.0 Å². The van der Waals surface area contributed by atoms with E-state index in [4.69, 9.17) is 0 Å². The van der Waals surface area contributed by atoms with Crippen LogP contribution in [0.1, 0.15) is 70.8 Å². The Hall–Kier alpha value is -0.980. The highest BCUT2D eigenvalue weighted by Gasteiger charge is 2.59. The van der Waals surface area contributed by atoms with Crippen LogP contribution in [-0.4, -0.2) is 10.7 Å². The standard InChI is InChI=1S/C26H36O2P/c1-17-6-4-5-7-23(17)29(28)24-11-10-22-21-9-8-18-16-25(2,27)14-12-19(18)20(21)13-15-26(22,24)3/h4-7,11,18-22,27H,8-10,12-16H2,1-3H3/q+1/t18-,19+,20-,21-,22+,25-,26+/m1/s1. The zero-order valence-corrected chi connectivity index (χ0v) is 19.1. The maximum Gasteiger partial charge on any atom is 0.411 e. The van der Waals surface area contributed by atoms with E-state index >= 15 is 0 Å². The van der Waals surface area contributed by atoms with Gasteiger partial charge in [-0.05, 0) is 107 Å². The number of aryl methyl sites for hydroxylation is 1. The number of allylic oxidation sites excluding steroid dienone is 2. The van der Waals surface area contributed by atoms with Gasteiger partial charge in [0.2, 0.25) is 0 Å². The van der Waals surface area contributed by atoms with Crippen molar-refractivity contribution in [2.75, 3.05) is 0 Å². The zero-order chi connectivity index (χ0) is 20.4. The third-order valence-electron chi connectivity index (χ3n) is 9.33. The van der Waals surface area contributed by atoms with Gasteiger partial charge in [-0.25, -0.2) is 0 Å². The molecule has 0 radical (unpaired) electrons. The SMILES string of the molecule is Cc1ccccc1[P+](=O)C1=CC[C@H]2[C@@H]3CC[C@@H]4C[C@](C)(O)CC[C@@H]4[C@H]3CC[C@]12C. The summed E-state index contributed by atoms with van der Waals surface area (Å²) >= 11 is 0. The summed E-state index contributed by atoms with van der Waals surface area (Å²) in [6, 6.07) is 8.23. The van der Waals surface area contributed by atoms with E-state index in [9.17, 15) is 9.67 Å². The first-order valence-electron chi connectivity index (χ1n) is 11.8. The largest absolute Gasteiger partial charge is 0.411 e. The van der Waals surface area contributed by atoms with Crippen LogP contribution in [0.4, 0.5) is 0 Å². The Morgan fingerprint density at radius 1 is 1.00 bits per heavy atom. The quantitative estimate of drug-likeness (QED) is 0.576. The van der Waals surface area contributed by atoms with Crippen LogP contribution in [0.5, 0.6) is 0 Å². The second-order valence-corrected chi connectivity index (χ2v) is 12.6. The van der Waals surface area contributed by atoms with Gasteiger partial charge in [-0.2, -0.15) is 0 Å². The minimum atomic E-state index is -1.46. The van der Waals surface area contributed by atoms with Crippen molar-refractivity contribution in [1.29, 1.82) is 0 Å². The molecule has 0 aliphatic heterocycles. The van der Waals surface area contributed by atoms with Gasteiger partial charge in [0.1, 0.15) is 0 Å². The topological polar surface area (TPSA) is 37.3 Å². The lowest BCUT2D eigenvalue weighted by Crippen LogP contribution is -2.50. The van der Waals surface area contributed by atoms with E-state index in [0.29, 0.717) is 5.92 Å². The molecule has 1 aromatic carbocycles. The molecule has 0 aromatic heterocycles. The predicted octanol–water partition coefficient (Wildman–Crippen LogP) is 6.35. The van der Waals surface area contributed by atoms with Crippen LogP contribution >= 0.6 is 7.80 Å².